The molecule has 0 aromatic carbocycles. The molecule has 1 amide bonds. The predicted molar refractivity (Wildman–Crippen MR) is 87.9 cm³/mol. The van der Waals surface area contributed by atoms with Crippen LogP contribution in [0.3, 0.4) is 0 Å². The molecule has 0 spiro atoms. The van der Waals surface area contributed by atoms with E-state index in [0.29, 0.717) is 18.3 Å². The summed E-state index contributed by atoms with van der Waals surface area (Å²) in [5, 5.41) is 3.91. The lowest BCUT2D eigenvalue weighted by Crippen LogP contribution is -2.40. The summed E-state index contributed by atoms with van der Waals surface area (Å²) < 4.78 is 5.01. The molecule has 1 saturated heterocycles. The van der Waals surface area contributed by atoms with Crippen LogP contribution in [0.5, 0.6) is 0 Å². The molecule has 0 saturated carbocycles. The lowest BCUT2D eigenvalue weighted by atomic mass is 10.1. The van der Waals surface area contributed by atoms with Crippen LogP contribution in [0.1, 0.15) is 43.6 Å². The van der Waals surface area contributed by atoms with Crippen LogP contribution in [0, 0.1) is 6.92 Å². The lowest BCUT2D eigenvalue weighted by molar-refractivity contribution is -0.131. The Morgan fingerprint density at radius 2 is 2.38 bits per heavy atom. The molecular formula is C17H23N5O2. The van der Waals surface area contributed by atoms with Crippen LogP contribution in [0.2, 0.25) is 0 Å². The number of hydrogen-bond acceptors (Lipinski definition) is 6. The normalized spacial score (nSPS) is 19.4. The van der Waals surface area contributed by atoms with Gasteiger partial charge in [0.1, 0.15) is 0 Å². The number of nitrogens with zero attached hydrogens (tertiary/aromatic N) is 5. The van der Waals surface area contributed by atoms with Crippen molar-refractivity contribution in [3.05, 3.63) is 41.8 Å². The second kappa shape index (κ2) is 7.09. The highest BCUT2D eigenvalue weighted by atomic mass is 16.5. The van der Waals surface area contributed by atoms with E-state index in [1.807, 2.05) is 17.2 Å². The smallest absolute Gasteiger partial charge is 0.223 e. The van der Waals surface area contributed by atoms with Crippen LogP contribution in [0.4, 0.5) is 0 Å². The molecule has 2 aromatic heterocycles. The fourth-order valence-corrected chi connectivity index (χ4v) is 3.26. The van der Waals surface area contributed by atoms with E-state index in [-0.39, 0.29) is 18.0 Å². The standard InChI is InChI=1S/C17H23N5O2/c1-12(15-5-4-7-18-9-15)21-8-6-16(10-21)22(14(3)23)11-17-19-13(2)24-20-17/h4-5,7,9,12,16H,6,8,10-11H2,1-3H3/t12-,16+/m1/s1. The van der Waals surface area contributed by atoms with Crippen LogP contribution < -0.4 is 0 Å². The van der Waals surface area contributed by atoms with Gasteiger partial charge in [0.25, 0.3) is 0 Å². The third-order valence-corrected chi connectivity index (χ3v) is 4.64. The summed E-state index contributed by atoms with van der Waals surface area (Å²) in [7, 11) is 0. The summed E-state index contributed by atoms with van der Waals surface area (Å²) in [5.41, 5.74) is 1.20. The SMILES string of the molecule is CC(=O)N(Cc1noc(C)n1)[C@H]1CCN([C@H](C)c2cccnc2)C1. The molecule has 1 aliphatic rings. The monoisotopic (exact) mass is 329 g/mol. The third-order valence-electron chi connectivity index (χ3n) is 4.64. The number of hydrogen-bond donors (Lipinski definition) is 0. The number of aryl methyl sites for hydroxylation is 1. The molecule has 3 rings (SSSR count). The molecule has 0 bridgehead atoms. The Morgan fingerprint density at radius 1 is 1.54 bits per heavy atom. The third kappa shape index (κ3) is 3.62. The minimum Gasteiger partial charge on any atom is -0.340 e. The molecule has 0 N–H and O–H groups in total. The van der Waals surface area contributed by atoms with E-state index in [1.54, 1.807) is 20.0 Å². The first-order chi connectivity index (χ1) is 11.5. The first-order valence-electron chi connectivity index (χ1n) is 8.25. The first-order valence-corrected chi connectivity index (χ1v) is 8.25. The number of aromatic nitrogens is 3. The van der Waals surface area contributed by atoms with E-state index in [0.717, 1.165) is 19.5 Å². The van der Waals surface area contributed by atoms with Crippen molar-refractivity contribution in [2.75, 3.05) is 13.1 Å². The summed E-state index contributed by atoms with van der Waals surface area (Å²) in [4.78, 5) is 24.7. The Kier molecular flexibility index (Phi) is 4.89. The maximum Gasteiger partial charge on any atom is 0.223 e. The largest absolute Gasteiger partial charge is 0.340 e. The average Bonchev–Trinajstić information content (AvgIpc) is 3.21. The molecule has 1 fully saturated rings. The van der Waals surface area contributed by atoms with Crippen molar-refractivity contribution in [3.8, 4) is 0 Å². The number of carbonyl (C=O) groups excluding carboxylic acids is 1. The van der Waals surface area contributed by atoms with Crippen molar-refractivity contribution in [1.29, 1.82) is 0 Å². The van der Waals surface area contributed by atoms with Gasteiger partial charge in [-0.05, 0) is 25.0 Å². The molecule has 2 aromatic rings. The van der Waals surface area contributed by atoms with Crippen molar-refractivity contribution in [3.63, 3.8) is 0 Å². The van der Waals surface area contributed by atoms with Gasteiger partial charge in [-0.25, -0.2) is 0 Å². The average molecular weight is 329 g/mol. The topological polar surface area (TPSA) is 75.4 Å². The minimum atomic E-state index is 0.0401. The molecule has 7 nitrogen and oxygen atoms in total. The Hall–Kier alpha value is -2.28. The Labute approximate surface area is 141 Å². The second-order valence-corrected chi connectivity index (χ2v) is 6.28. The van der Waals surface area contributed by atoms with E-state index in [1.165, 1.54) is 5.56 Å². The summed E-state index contributed by atoms with van der Waals surface area (Å²) in [6.45, 7) is 7.72. The molecule has 2 atom stereocenters. The minimum absolute atomic E-state index is 0.0401. The zero-order chi connectivity index (χ0) is 17.1. The molecule has 0 radical (unpaired) electrons. The summed E-state index contributed by atoms with van der Waals surface area (Å²) in [6.07, 6.45) is 4.64. The molecule has 0 aliphatic carbocycles. The fourth-order valence-electron chi connectivity index (χ4n) is 3.26. The maximum absolute atomic E-state index is 12.1. The quantitative estimate of drug-likeness (QED) is 0.835. The van der Waals surface area contributed by atoms with E-state index < -0.39 is 0 Å². The lowest BCUT2D eigenvalue weighted by Gasteiger charge is -2.29. The van der Waals surface area contributed by atoms with Gasteiger partial charge in [-0.1, -0.05) is 11.2 Å². The van der Waals surface area contributed by atoms with E-state index in [9.17, 15) is 4.79 Å². The fraction of sp³-hybridized carbons (Fsp3) is 0.529. The van der Waals surface area contributed by atoms with Crippen molar-refractivity contribution in [2.24, 2.45) is 0 Å². The van der Waals surface area contributed by atoms with Crippen molar-refractivity contribution in [2.45, 2.75) is 45.8 Å². The summed E-state index contributed by atoms with van der Waals surface area (Å²) >= 11 is 0. The van der Waals surface area contributed by atoms with Crippen LogP contribution in [0.15, 0.2) is 29.0 Å². The van der Waals surface area contributed by atoms with Gasteiger partial charge < -0.3 is 9.42 Å². The number of rotatable bonds is 5. The highest BCUT2D eigenvalue weighted by Crippen LogP contribution is 2.26. The van der Waals surface area contributed by atoms with E-state index >= 15 is 0 Å². The zero-order valence-electron chi connectivity index (χ0n) is 14.3. The molecule has 7 heteroatoms. The molecule has 1 aliphatic heterocycles. The molecule has 128 valence electrons. The van der Waals surface area contributed by atoms with Gasteiger partial charge in [-0.3, -0.25) is 14.7 Å². The van der Waals surface area contributed by atoms with Gasteiger partial charge in [0.15, 0.2) is 5.82 Å². The van der Waals surface area contributed by atoms with Crippen LogP contribution in [-0.2, 0) is 11.3 Å². The van der Waals surface area contributed by atoms with Crippen molar-refractivity contribution in [1.82, 2.24) is 24.9 Å². The van der Waals surface area contributed by atoms with Gasteiger partial charge >= 0.3 is 0 Å². The Bertz CT molecular complexity index is 687. The van der Waals surface area contributed by atoms with Gasteiger partial charge in [-0.15, -0.1) is 0 Å². The van der Waals surface area contributed by atoms with Crippen LogP contribution in [-0.4, -0.2) is 50.0 Å². The highest BCUT2D eigenvalue weighted by molar-refractivity contribution is 5.73. The molecule has 3 heterocycles. The van der Waals surface area contributed by atoms with Gasteiger partial charge in [-0.2, -0.15) is 4.98 Å². The van der Waals surface area contributed by atoms with Gasteiger partial charge in [0.2, 0.25) is 11.8 Å². The number of amides is 1. The zero-order valence-corrected chi connectivity index (χ0v) is 14.3. The Morgan fingerprint density at radius 3 is 3.00 bits per heavy atom. The molecule has 24 heavy (non-hydrogen) atoms. The Balaban J connectivity index is 1.67. The van der Waals surface area contributed by atoms with Crippen molar-refractivity contribution < 1.29 is 9.32 Å². The van der Waals surface area contributed by atoms with Gasteiger partial charge in [0.05, 0.1) is 6.54 Å². The summed E-state index contributed by atoms with van der Waals surface area (Å²) in [6, 6.07) is 4.50. The number of pyridine rings is 1. The second-order valence-electron chi connectivity index (χ2n) is 6.28. The predicted octanol–water partition coefficient (Wildman–Crippen LogP) is 1.96. The maximum atomic E-state index is 12.1. The van der Waals surface area contributed by atoms with Crippen LogP contribution in [0.25, 0.3) is 0 Å². The van der Waals surface area contributed by atoms with Crippen LogP contribution >= 0.6 is 0 Å². The summed E-state index contributed by atoms with van der Waals surface area (Å²) in [5.74, 6) is 1.12. The van der Waals surface area contributed by atoms with E-state index in [4.69, 9.17) is 4.52 Å². The molecule has 0 unspecified atom stereocenters. The highest BCUT2D eigenvalue weighted by Gasteiger charge is 2.32. The molecular weight excluding hydrogens is 306 g/mol. The van der Waals surface area contributed by atoms with E-state index in [2.05, 4.69) is 33.0 Å². The number of carbonyl (C=O) groups is 1. The number of likely N-dealkylation sites (tertiary alicyclic amines) is 1. The van der Waals surface area contributed by atoms with Crippen molar-refractivity contribution >= 4 is 5.91 Å². The van der Waals surface area contributed by atoms with Gasteiger partial charge in [0, 0.05) is 51.4 Å². The first kappa shape index (κ1) is 16.6.